The van der Waals surface area contributed by atoms with E-state index in [1.165, 1.54) is 7.11 Å². The van der Waals surface area contributed by atoms with Crippen molar-refractivity contribution in [1.29, 1.82) is 0 Å². The van der Waals surface area contributed by atoms with Gasteiger partial charge in [0.05, 0.1) is 12.8 Å². The molecule has 1 unspecified atom stereocenters. The molecule has 1 N–H and O–H groups in total. The van der Waals surface area contributed by atoms with E-state index < -0.39 is 17.4 Å². The second-order valence-electron chi connectivity index (χ2n) is 6.90. The van der Waals surface area contributed by atoms with Crippen LogP contribution < -0.4 is 5.32 Å². The molecule has 0 radical (unpaired) electrons. The SMILES string of the molecule is CCCC(C)(NC(=O)c1nc(-c2ccccc2)n(-c2ccccc2)n1)C(=O)OC. The number of esters is 1. The first-order valence-corrected chi connectivity index (χ1v) is 9.47. The van der Waals surface area contributed by atoms with Gasteiger partial charge < -0.3 is 10.1 Å². The molecule has 0 bridgehead atoms. The second kappa shape index (κ2) is 8.68. The maximum atomic E-state index is 12.9. The van der Waals surface area contributed by atoms with Gasteiger partial charge in [0.1, 0.15) is 5.54 Å². The molecule has 0 saturated carbocycles. The first kappa shape index (κ1) is 20.3. The molecule has 0 saturated heterocycles. The van der Waals surface area contributed by atoms with E-state index in [1.807, 2.05) is 67.6 Å². The highest BCUT2D eigenvalue weighted by molar-refractivity contribution is 5.95. The topological polar surface area (TPSA) is 86.1 Å². The molecule has 0 aliphatic heterocycles. The highest BCUT2D eigenvalue weighted by Crippen LogP contribution is 2.22. The Morgan fingerprint density at radius 1 is 1.07 bits per heavy atom. The van der Waals surface area contributed by atoms with E-state index in [9.17, 15) is 9.59 Å². The summed E-state index contributed by atoms with van der Waals surface area (Å²) in [6.45, 7) is 3.58. The molecule has 3 aromatic rings. The average molecular weight is 392 g/mol. The minimum absolute atomic E-state index is 0.0149. The molecule has 29 heavy (non-hydrogen) atoms. The Bertz CT molecular complexity index is 929. The number of rotatable bonds is 7. The van der Waals surface area contributed by atoms with Gasteiger partial charge in [-0.1, -0.05) is 61.9 Å². The minimum Gasteiger partial charge on any atom is -0.467 e. The fourth-order valence-electron chi connectivity index (χ4n) is 3.18. The van der Waals surface area contributed by atoms with Gasteiger partial charge >= 0.3 is 5.97 Å². The lowest BCUT2D eigenvalue weighted by atomic mass is 9.96. The maximum Gasteiger partial charge on any atom is 0.331 e. The number of benzene rings is 2. The van der Waals surface area contributed by atoms with Gasteiger partial charge in [0.2, 0.25) is 5.82 Å². The Hall–Kier alpha value is -3.48. The van der Waals surface area contributed by atoms with E-state index in [0.717, 1.165) is 11.3 Å². The van der Waals surface area contributed by atoms with Crippen molar-refractivity contribution in [2.45, 2.75) is 32.2 Å². The van der Waals surface area contributed by atoms with Gasteiger partial charge in [0.15, 0.2) is 5.82 Å². The molecule has 1 atom stereocenters. The van der Waals surface area contributed by atoms with Crippen LogP contribution >= 0.6 is 0 Å². The zero-order valence-electron chi connectivity index (χ0n) is 16.8. The van der Waals surface area contributed by atoms with E-state index in [0.29, 0.717) is 18.7 Å². The minimum atomic E-state index is -1.15. The molecular formula is C22H24N4O3. The number of carbonyl (C=O) groups is 2. The molecule has 0 aliphatic carbocycles. The van der Waals surface area contributed by atoms with Gasteiger partial charge in [-0.05, 0) is 25.5 Å². The van der Waals surface area contributed by atoms with Crippen molar-refractivity contribution in [3.63, 3.8) is 0 Å². The lowest BCUT2D eigenvalue weighted by Crippen LogP contribution is -2.53. The monoisotopic (exact) mass is 392 g/mol. The summed E-state index contributed by atoms with van der Waals surface area (Å²) in [4.78, 5) is 29.6. The molecule has 7 heteroatoms. The van der Waals surface area contributed by atoms with Crippen molar-refractivity contribution in [3.05, 3.63) is 66.5 Å². The van der Waals surface area contributed by atoms with Crippen LogP contribution in [0.1, 0.15) is 37.3 Å². The molecule has 1 amide bonds. The number of ether oxygens (including phenoxy) is 1. The number of amides is 1. The fourth-order valence-corrected chi connectivity index (χ4v) is 3.18. The summed E-state index contributed by atoms with van der Waals surface area (Å²) < 4.78 is 6.50. The van der Waals surface area contributed by atoms with Gasteiger partial charge in [-0.15, -0.1) is 5.10 Å². The van der Waals surface area contributed by atoms with Crippen molar-refractivity contribution < 1.29 is 14.3 Å². The maximum absolute atomic E-state index is 12.9. The van der Waals surface area contributed by atoms with Gasteiger partial charge in [-0.2, -0.15) is 0 Å². The van der Waals surface area contributed by atoms with Crippen LogP contribution in [0.15, 0.2) is 60.7 Å². The number of aromatic nitrogens is 3. The third-order valence-corrected chi connectivity index (χ3v) is 4.62. The highest BCUT2D eigenvalue weighted by Gasteiger charge is 2.36. The number of hydrogen-bond donors (Lipinski definition) is 1. The number of carbonyl (C=O) groups excluding carboxylic acids is 2. The first-order chi connectivity index (χ1) is 14.0. The van der Waals surface area contributed by atoms with Gasteiger partial charge in [-0.3, -0.25) is 4.79 Å². The number of nitrogens with zero attached hydrogens (tertiary/aromatic N) is 3. The largest absolute Gasteiger partial charge is 0.467 e. The lowest BCUT2D eigenvalue weighted by Gasteiger charge is -2.26. The molecule has 0 spiro atoms. The second-order valence-corrected chi connectivity index (χ2v) is 6.90. The predicted octanol–water partition coefficient (Wildman–Crippen LogP) is 3.40. The summed E-state index contributed by atoms with van der Waals surface area (Å²) in [6.07, 6.45) is 1.14. The number of para-hydroxylation sites is 1. The molecule has 0 fully saturated rings. The van der Waals surface area contributed by atoms with E-state index in [4.69, 9.17) is 4.74 Å². The average Bonchev–Trinajstić information content (AvgIpc) is 3.20. The Kier molecular flexibility index (Phi) is 6.07. The van der Waals surface area contributed by atoms with Crippen LogP contribution in [-0.2, 0) is 9.53 Å². The Morgan fingerprint density at radius 3 is 2.28 bits per heavy atom. The number of hydrogen-bond acceptors (Lipinski definition) is 5. The Labute approximate surface area is 169 Å². The van der Waals surface area contributed by atoms with E-state index >= 15 is 0 Å². The molecule has 0 aliphatic rings. The summed E-state index contributed by atoms with van der Waals surface area (Å²) in [5.41, 5.74) is 0.459. The predicted molar refractivity (Wildman–Crippen MR) is 110 cm³/mol. The van der Waals surface area contributed by atoms with Crippen LogP contribution in [0, 0.1) is 0 Å². The normalized spacial score (nSPS) is 12.8. The lowest BCUT2D eigenvalue weighted by molar-refractivity contribution is -0.147. The standard InChI is InChI=1S/C22H24N4O3/c1-4-15-22(2,21(28)29-3)24-20(27)18-23-19(16-11-7-5-8-12-16)26(25-18)17-13-9-6-10-14-17/h5-14H,4,15H2,1-3H3,(H,24,27). The first-order valence-electron chi connectivity index (χ1n) is 9.47. The Balaban J connectivity index is 2.01. The zero-order valence-corrected chi connectivity index (χ0v) is 16.8. The smallest absolute Gasteiger partial charge is 0.331 e. The molecule has 3 rings (SSSR count). The van der Waals surface area contributed by atoms with Gasteiger partial charge in [0.25, 0.3) is 5.91 Å². The summed E-state index contributed by atoms with van der Waals surface area (Å²) in [5.74, 6) is -0.507. The van der Waals surface area contributed by atoms with Crippen molar-refractivity contribution >= 4 is 11.9 Å². The van der Waals surface area contributed by atoms with Crippen molar-refractivity contribution in [2.24, 2.45) is 0 Å². The van der Waals surface area contributed by atoms with Crippen molar-refractivity contribution in [2.75, 3.05) is 7.11 Å². The van der Waals surface area contributed by atoms with Gasteiger partial charge in [0, 0.05) is 5.56 Å². The van der Waals surface area contributed by atoms with Crippen molar-refractivity contribution in [1.82, 2.24) is 20.1 Å². The van der Waals surface area contributed by atoms with E-state index in [1.54, 1.807) is 11.6 Å². The third kappa shape index (κ3) is 4.34. The van der Waals surface area contributed by atoms with Crippen LogP contribution in [-0.4, -0.2) is 39.3 Å². The van der Waals surface area contributed by atoms with E-state index in [-0.39, 0.29) is 5.82 Å². The zero-order chi connectivity index (χ0) is 20.9. The van der Waals surface area contributed by atoms with Gasteiger partial charge in [-0.25, -0.2) is 14.5 Å². The third-order valence-electron chi connectivity index (χ3n) is 4.62. The molecule has 150 valence electrons. The number of methoxy groups -OCH3 is 1. The number of nitrogens with one attached hydrogen (secondary N) is 1. The molecule has 1 aromatic heterocycles. The Morgan fingerprint density at radius 2 is 1.69 bits per heavy atom. The van der Waals surface area contributed by atoms with Crippen LogP contribution in [0.25, 0.3) is 17.1 Å². The van der Waals surface area contributed by atoms with E-state index in [2.05, 4.69) is 15.4 Å². The molecule has 2 aromatic carbocycles. The quantitative estimate of drug-likeness (QED) is 0.623. The molecule has 7 nitrogen and oxygen atoms in total. The summed E-state index contributed by atoms with van der Waals surface area (Å²) in [7, 11) is 1.30. The summed E-state index contributed by atoms with van der Waals surface area (Å²) in [6, 6.07) is 19.0. The van der Waals surface area contributed by atoms with Crippen LogP contribution in [0.5, 0.6) is 0 Å². The van der Waals surface area contributed by atoms with Crippen LogP contribution in [0.2, 0.25) is 0 Å². The molecule has 1 heterocycles. The fraction of sp³-hybridized carbons (Fsp3) is 0.273. The van der Waals surface area contributed by atoms with Crippen LogP contribution in [0.3, 0.4) is 0 Å². The van der Waals surface area contributed by atoms with Crippen LogP contribution in [0.4, 0.5) is 0 Å². The molecular weight excluding hydrogens is 368 g/mol. The summed E-state index contributed by atoms with van der Waals surface area (Å²) >= 11 is 0. The highest BCUT2D eigenvalue weighted by atomic mass is 16.5. The summed E-state index contributed by atoms with van der Waals surface area (Å²) in [5, 5.41) is 7.18. The van der Waals surface area contributed by atoms with Crippen molar-refractivity contribution in [3.8, 4) is 17.1 Å².